The molecule has 0 N–H and O–H groups in total. The first-order valence-electron chi connectivity index (χ1n) is 9.79. The molecule has 0 aromatic heterocycles. The van der Waals surface area contributed by atoms with Gasteiger partial charge in [0.05, 0.1) is 5.16 Å². The predicted octanol–water partition coefficient (Wildman–Crippen LogP) is 7.83. The number of thiocarbonyl (C=S) groups is 1. The highest BCUT2D eigenvalue weighted by Crippen LogP contribution is 2.38. The molecule has 27 heavy (non-hydrogen) atoms. The van der Waals surface area contributed by atoms with Gasteiger partial charge in [-0.05, 0) is 78.6 Å². The van der Waals surface area contributed by atoms with E-state index in [9.17, 15) is 8.78 Å². The van der Waals surface area contributed by atoms with Crippen molar-refractivity contribution in [3.05, 3.63) is 53.6 Å². The molecule has 3 rings (SSSR count). The highest BCUT2D eigenvalue weighted by Gasteiger charge is 2.22. The molecule has 0 spiro atoms. The molecule has 4 heteroatoms. The Labute approximate surface area is 165 Å². The van der Waals surface area contributed by atoms with Crippen molar-refractivity contribution in [2.75, 3.05) is 0 Å². The summed E-state index contributed by atoms with van der Waals surface area (Å²) in [5, 5.41) is 2.01. The number of halogens is 2. The van der Waals surface area contributed by atoms with Crippen molar-refractivity contribution in [2.45, 2.75) is 57.8 Å². The fraction of sp³-hybridized carbons (Fsp3) is 0.435. The van der Waals surface area contributed by atoms with E-state index in [1.807, 2.05) is 17.3 Å². The van der Waals surface area contributed by atoms with Crippen LogP contribution in [0.4, 0.5) is 14.5 Å². The quantitative estimate of drug-likeness (QED) is 0.364. The van der Waals surface area contributed by atoms with Crippen LogP contribution in [0.3, 0.4) is 0 Å². The largest absolute Gasteiger partial charge is 0.204 e. The number of aliphatic imine (C=N–C) groups is 1. The van der Waals surface area contributed by atoms with Gasteiger partial charge in [-0.1, -0.05) is 50.5 Å². The fourth-order valence-electron chi connectivity index (χ4n) is 4.11. The van der Waals surface area contributed by atoms with E-state index in [0.717, 1.165) is 11.5 Å². The molecule has 1 aliphatic carbocycles. The summed E-state index contributed by atoms with van der Waals surface area (Å²) in [6.45, 7) is 2.25. The molecule has 0 bridgehead atoms. The molecule has 1 nitrogen and oxygen atoms in total. The Morgan fingerprint density at radius 1 is 1.00 bits per heavy atom. The summed E-state index contributed by atoms with van der Waals surface area (Å²) in [6.07, 6.45) is 9.08. The standard InChI is InChI=1S/C23H25F2NS/c1-2-3-4-16-5-7-17(8-6-16)18-9-11-19(12-10-18)20-13-21(24)23(26-15-27)22(25)14-20/h9-14,16-17H,2-8H2,1H3. The van der Waals surface area contributed by atoms with Gasteiger partial charge in [0.2, 0.25) is 0 Å². The molecule has 1 saturated carbocycles. The summed E-state index contributed by atoms with van der Waals surface area (Å²) in [5.41, 5.74) is 2.25. The van der Waals surface area contributed by atoms with Gasteiger partial charge in [-0.15, -0.1) is 0 Å². The van der Waals surface area contributed by atoms with Crippen LogP contribution < -0.4 is 0 Å². The maximum atomic E-state index is 14.1. The van der Waals surface area contributed by atoms with Gasteiger partial charge in [-0.25, -0.2) is 8.78 Å². The zero-order chi connectivity index (χ0) is 19.2. The predicted molar refractivity (Wildman–Crippen MR) is 111 cm³/mol. The number of nitrogens with zero attached hydrogens (tertiary/aromatic N) is 1. The van der Waals surface area contributed by atoms with E-state index < -0.39 is 11.6 Å². The zero-order valence-corrected chi connectivity index (χ0v) is 16.5. The van der Waals surface area contributed by atoms with Gasteiger partial charge in [-0.3, -0.25) is 0 Å². The van der Waals surface area contributed by atoms with Crippen molar-refractivity contribution < 1.29 is 8.78 Å². The highest BCUT2D eigenvalue weighted by molar-refractivity contribution is 7.78. The van der Waals surface area contributed by atoms with Crippen LogP contribution in [0.15, 0.2) is 41.4 Å². The van der Waals surface area contributed by atoms with Crippen molar-refractivity contribution in [2.24, 2.45) is 10.9 Å². The number of hydrogen-bond donors (Lipinski definition) is 0. The summed E-state index contributed by atoms with van der Waals surface area (Å²) in [7, 11) is 0. The monoisotopic (exact) mass is 385 g/mol. The van der Waals surface area contributed by atoms with Gasteiger partial charge in [0.25, 0.3) is 0 Å². The van der Waals surface area contributed by atoms with E-state index in [-0.39, 0.29) is 5.69 Å². The summed E-state index contributed by atoms with van der Waals surface area (Å²) in [4.78, 5) is 3.46. The van der Waals surface area contributed by atoms with Crippen LogP contribution in [0.1, 0.15) is 63.4 Å². The van der Waals surface area contributed by atoms with Crippen molar-refractivity contribution in [3.63, 3.8) is 0 Å². The number of benzene rings is 2. The van der Waals surface area contributed by atoms with Crippen molar-refractivity contribution in [1.29, 1.82) is 0 Å². The Morgan fingerprint density at radius 2 is 1.63 bits per heavy atom. The lowest BCUT2D eigenvalue weighted by atomic mass is 9.77. The smallest absolute Gasteiger partial charge is 0.153 e. The van der Waals surface area contributed by atoms with Gasteiger partial charge in [-0.2, -0.15) is 4.99 Å². The first-order chi connectivity index (χ1) is 13.1. The van der Waals surface area contributed by atoms with E-state index >= 15 is 0 Å². The SMILES string of the molecule is CCCCC1CCC(c2ccc(-c3cc(F)c(N=C=S)c(F)c3)cc2)CC1. The zero-order valence-electron chi connectivity index (χ0n) is 15.7. The van der Waals surface area contributed by atoms with Crippen molar-refractivity contribution >= 4 is 23.1 Å². The summed E-state index contributed by atoms with van der Waals surface area (Å²) in [6, 6.07) is 10.7. The number of unbranched alkanes of at least 4 members (excludes halogenated alkanes) is 1. The topological polar surface area (TPSA) is 12.4 Å². The lowest BCUT2D eigenvalue weighted by Gasteiger charge is -2.29. The molecule has 0 amide bonds. The van der Waals surface area contributed by atoms with Gasteiger partial charge in [0.15, 0.2) is 11.6 Å². The second-order valence-electron chi connectivity index (χ2n) is 7.47. The molecule has 0 aliphatic heterocycles. The number of hydrogen-bond acceptors (Lipinski definition) is 2. The van der Waals surface area contributed by atoms with Gasteiger partial charge < -0.3 is 0 Å². The molecular weight excluding hydrogens is 360 g/mol. The maximum Gasteiger partial charge on any atom is 0.153 e. The summed E-state index contributed by atoms with van der Waals surface area (Å²) in [5.74, 6) is 0.0401. The van der Waals surface area contributed by atoms with Crippen LogP contribution in [-0.2, 0) is 0 Å². The normalized spacial score (nSPS) is 19.5. The van der Waals surface area contributed by atoms with E-state index in [2.05, 4.69) is 36.3 Å². The average Bonchev–Trinajstić information content (AvgIpc) is 2.69. The van der Waals surface area contributed by atoms with Crippen LogP contribution in [0.2, 0.25) is 0 Å². The Bertz CT molecular complexity index is 794. The maximum absolute atomic E-state index is 14.1. The molecule has 0 radical (unpaired) electrons. The average molecular weight is 386 g/mol. The van der Waals surface area contributed by atoms with Crippen LogP contribution in [-0.4, -0.2) is 5.16 Å². The Hall–Kier alpha value is -1.90. The van der Waals surface area contributed by atoms with Crippen LogP contribution in [0.5, 0.6) is 0 Å². The minimum absolute atomic E-state index is 0.384. The molecule has 142 valence electrons. The Balaban J connectivity index is 1.70. The van der Waals surface area contributed by atoms with Crippen molar-refractivity contribution in [1.82, 2.24) is 0 Å². The highest BCUT2D eigenvalue weighted by atomic mass is 32.1. The lowest BCUT2D eigenvalue weighted by molar-refractivity contribution is 0.304. The number of isothiocyanates is 1. The Morgan fingerprint density at radius 3 is 2.19 bits per heavy atom. The van der Waals surface area contributed by atoms with Gasteiger partial charge in [0.1, 0.15) is 5.69 Å². The summed E-state index contributed by atoms with van der Waals surface area (Å²) < 4.78 is 28.1. The molecule has 0 unspecified atom stereocenters. The molecule has 0 atom stereocenters. The molecule has 1 fully saturated rings. The molecular formula is C23H25F2NS. The third-order valence-electron chi connectivity index (χ3n) is 5.70. The first-order valence-corrected chi connectivity index (χ1v) is 10.2. The fourth-order valence-corrected chi connectivity index (χ4v) is 4.20. The summed E-state index contributed by atoms with van der Waals surface area (Å²) >= 11 is 4.43. The van der Waals surface area contributed by atoms with E-state index in [4.69, 9.17) is 0 Å². The minimum atomic E-state index is -0.725. The molecule has 0 heterocycles. The first kappa shape index (κ1) is 19.9. The second kappa shape index (κ2) is 9.34. The second-order valence-corrected chi connectivity index (χ2v) is 7.66. The van der Waals surface area contributed by atoms with Crippen LogP contribution in [0, 0.1) is 17.6 Å². The molecule has 2 aromatic rings. The van der Waals surface area contributed by atoms with Gasteiger partial charge >= 0.3 is 0 Å². The third kappa shape index (κ3) is 4.88. The van der Waals surface area contributed by atoms with Crippen LogP contribution in [0.25, 0.3) is 11.1 Å². The van der Waals surface area contributed by atoms with E-state index in [0.29, 0.717) is 11.5 Å². The minimum Gasteiger partial charge on any atom is -0.204 e. The van der Waals surface area contributed by atoms with E-state index in [1.165, 1.54) is 62.6 Å². The van der Waals surface area contributed by atoms with Crippen LogP contribution >= 0.6 is 12.2 Å². The van der Waals surface area contributed by atoms with E-state index in [1.54, 1.807) is 0 Å². The molecule has 0 saturated heterocycles. The Kier molecular flexibility index (Phi) is 6.87. The third-order valence-corrected chi connectivity index (χ3v) is 5.79. The molecule has 1 aliphatic rings. The molecule has 2 aromatic carbocycles. The van der Waals surface area contributed by atoms with Gasteiger partial charge in [0, 0.05) is 0 Å². The number of rotatable bonds is 6. The van der Waals surface area contributed by atoms with Crippen molar-refractivity contribution in [3.8, 4) is 11.1 Å². The lowest BCUT2D eigenvalue weighted by Crippen LogP contribution is -2.13.